The summed E-state index contributed by atoms with van der Waals surface area (Å²) in [6.07, 6.45) is 1.19. The van der Waals surface area contributed by atoms with Gasteiger partial charge in [-0.25, -0.2) is 9.37 Å². The molecule has 2 amide bonds. The van der Waals surface area contributed by atoms with Crippen LogP contribution in [-0.2, 0) is 11.8 Å². The molecular formula is C25H23FN4O3S. The van der Waals surface area contributed by atoms with E-state index in [1.807, 2.05) is 42.8 Å². The van der Waals surface area contributed by atoms with Gasteiger partial charge in [-0.3, -0.25) is 9.59 Å². The Morgan fingerprint density at radius 2 is 1.97 bits per heavy atom. The zero-order chi connectivity index (χ0) is 23.8. The van der Waals surface area contributed by atoms with Gasteiger partial charge < -0.3 is 19.5 Å². The number of nitrogens with one attached hydrogen (secondary N) is 1. The van der Waals surface area contributed by atoms with Gasteiger partial charge in [0.1, 0.15) is 17.7 Å². The first-order chi connectivity index (χ1) is 16.4. The van der Waals surface area contributed by atoms with Crippen LogP contribution in [0.1, 0.15) is 25.9 Å². The summed E-state index contributed by atoms with van der Waals surface area (Å²) >= 11 is 1.39. The molecule has 2 aromatic heterocycles. The topological polar surface area (TPSA) is 76.5 Å². The Morgan fingerprint density at radius 1 is 1.21 bits per heavy atom. The molecule has 0 spiro atoms. The van der Waals surface area contributed by atoms with Crippen molar-refractivity contribution in [2.24, 2.45) is 7.05 Å². The van der Waals surface area contributed by atoms with Gasteiger partial charge in [-0.2, -0.15) is 0 Å². The molecule has 0 saturated carbocycles. The van der Waals surface area contributed by atoms with Crippen LogP contribution in [0.15, 0.2) is 54.7 Å². The molecular weight excluding hydrogens is 455 g/mol. The van der Waals surface area contributed by atoms with E-state index in [2.05, 4.69) is 10.3 Å². The molecule has 1 aliphatic rings. The third-order valence-corrected chi connectivity index (χ3v) is 6.89. The van der Waals surface area contributed by atoms with Crippen molar-refractivity contribution < 1.29 is 18.7 Å². The van der Waals surface area contributed by atoms with Gasteiger partial charge in [-0.1, -0.05) is 30.3 Å². The van der Waals surface area contributed by atoms with E-state index in [0.717, 1.165) is 21.5 Å². The highest BCUT2D eigenvalue weighted by molar-refractivity contribution is 7.15. The summed E-state index contributed by atoms with van der Waals surface area (Å²) in [7, 11) is 1.90. The molecule has 7 nitrogen and oxygen atoms in total. The summed E-state index contributed by atoms with van der Waals surface area (Å²) in [5, 5.41) is 4.51. The lowest BCUT2D eigenvalue weighted by Crippen LogP contribution is -2.44. The van der Waals surface area contributed by atoms with Crippen LogP contribution in [0.2, 0.25) is 0 Å². The van der Waals surface area contributed by atoms with E-state index in [1.54, 1.807) is 23.2 Å². The molecule has 5 rings (SSSR count). The van der Waals surface area contributed by atoms with Crippen molar-refractivity contribution in [2.45, 2.75) is 13.2 Å². The molecule has 1 aliphatic heterocycles. The minimum atomic E-state index is -0.602. The summed E-state index contributed by atoms with van der Waals surface area (Å²) in [5.41, 5.74) is 2.58. The van der Waals surface area contributed by atoms with Crippen molar-refractivity contribution in [1.82, 2.24) is 19.8 Å². The Balaban J connectivity index is 1.33. The molecule has 9 heteroatoms. The SMILES string of the molecule is Cc1nc(C(=O)N2CCOC2CNC(=O)c2cn(C)c3ccccc23)c(-c2ccc(F)cc2)s1. The second kappa shape index (κ2) is 9.00. The van der Waals surface area contributed by atoms with Crippen LogP contribution in [0.4, 0.5) is 4.39 Å². The van der Waals surface area contributed by atoms with Gasteiger partial charge in [0.2, 0.25) is 0 Å². The van der Waals surface area contributed by atoms with Crippen molar-refractivity contribution in [3.05, 3.63) is 76.8 Å². The van der Waals surface area contributed by atoms with Gasteiger partial charge >= 0.3 is 0 Å². The fraction of sp³-hybridized carbons (Fsp3) is 0.240. The molecule has 4 aromatic rings. The van der Waals surface area contributed by atoms with E-state index >= 15 is 0 Å². The van der Waals surface area contributed by atoms with Crippen molar-refractivity contribution >= 4 is 34.1 Å². The number of hydrogen-bond acceptors (Lipinski definition) is 5. The number of thiazole rings is 1. The molecule has 0 radical (unpaired) electrons. The van der Waals surface area contributed by atoms with Crippen molar-refractivity contribution in [3.8, 4) is 10.4 Å². The third kappa shape index (κ3) is 4.08. The lowest BCUT2D eigenvalue weighted by atomic mass is 10.1. The number of rotatable bonds is 5. The van der Waals surface area contributed by atoms with Gasteiger partial charge in [0, 0.05) is 30.7 Å². The maximum Gasteiger partial charge on any atom is 0.276 e. The van der Waals surface area contributed by atoms with E-state index in [4.69, 9.17) is 4.74 Å². The summed E-state index contributed by atoms with van der Waals surface area (Å²) in [6, 6.07) is 13.7. The molecule has 1 saturated heterocycles. The smallest absolute Gasteiger partial charge is 0.276 e. The summed E-state index contributed by atoms with van der Waals surface area (Å²) in [6.45, 7) is 2.75. The molecule has 34 heavy (non-hydrogen) atoms. The number of halogens is 1. The van der Waals surface area contributed by atoms with E-state index in [1.165, 1.54) is 23.5 Å². The van der Waals surface area contributed by atoms with Crippen LogP contribution in [0.3, 0.4) is 0 Å². The maximum atomic E-state index is 13.4. The quantitative estimate of drug-likeness (QED) is 0.471. The van der Waals surface area contributed by atoms with E-state index < -0.39 is 6.23 Å². The molecule has 0 aliphatic carbocycles. The van der Waals surface area contributed by atoms with E-state index in [9.17, 15) is 14.0 Å². The fourth-order valence-electron chi connectivity index (χ4n) is 4.23. The molecule has 3 heterocycles. The van der Waals surface area contributed by atoms with Crippen LogP contribution < -0.4 is 5.32 Å². The predicted molar refractivity (Wildman–Crippen MR) is 128 cm³/mol. The van der Waals surface area contributed by atoms with E-state index in [0.29, 0.717) is 29.3 Å². The zero-order valence-corrected chi connectivity index (χ0v) is 19.6. The summed E-state index contributed by atoms with van der Waals surface area (Å²) in [5.74, 6) is -0.838. The van der Waals surface area contributed by atoms with Crippen LogP contribution in [0, 0.1) is 12.7 Å². The van der Waals surface area contributed by atoms with Crippen molar-refractivity contribution in [3.63, 3.8) is 0 Å². The number of fused-ring (bicyclic) bond motifs is 1. The van der Waals surface area contributed by atoms with Gasteiger partial charge in [0.05, 0.1) is 28.6 Å². The second-order valence-corrected chi connectivity index (χ2v) is 9.33. The van der Waals surface area contributed by atoms with Crippen molar-refractivity contribution in [1.29, 1.82) is 0 Å². The summed E-state index contributed by atoms with van der Waals surface area (Å²) in [4.78, 5) is 33.1. The molecule has 2 aromatic carbocycles. The first-order valence-electron chi connectivity index (χ1n) is 10.9. The monoisotopic (exact) mass is 478 g/mol. The largest absolute Gasteiger partial charge is 0.355 e. The normalized spacial score (nSPS) is 15.7. The number of para-hydroxylation sites is 1. The highest BCUT2D eigenvalue weighted by Crippen LogP contribution is 2.32. The molecule has 1 fully saturated rings. The van der Waals surface area contributed by atoms with Crippen molar-refractivity contribution in [2.75, 3.05) is 19.7 Å². The average Bonchev–Trinajstić information content (AvgIpc) is 3.55. The predicted octanol–water partition coefficient (Wildman–Crippen LogP) is 3.98. The number of aryl methyl sites for hydroxylation is 2. The standard InChI is InChI=1S/C25H23FN4O3S/c1-15-28-22(23(34-15)16-7-9-17(26)10-8-16)25(32)30-11-12-33-21(30)13-27-24(31)19-14-29(2)20-6-4-3-5-18(19)20/h3-10,14,21H,11-13H2,1-2H3,(H,27,31). The molecule has 1 N–H and O–H groups in total. The lowest BCUT2D eigenvalue weighted by Gasteiger charge is -2.23. The number of carbonyl (C=O) groups is 2. The number of aromatic nitrogens is 2. The number of hydrogen-bond donors (Lipinski definition) is 1. The average molecular weight is 479 g/mol. The number of benzene rings is 2. The van der Waals surface area contributed by atoms with Crippen LogP contribution >= 0.6 is 11.3 Å². The number of amides is 2. The first-order valence-corrected chi connectivity index (χ1v) is 11.7. The fourth-order valence-corrected chi connectivity index (χ4v) is 5.14. The minimum absolute atomic E-state index is 0.156. The molecule has 0 bridgehead atoms. The Morgan fingerprint density at radius 3 is 2.76 bits per heavy atom. The van der Waals surface area contributed by atoms with Gasteiger partial charge in [0.25, 0.3) is 11.8 Å². The summed E-state index contributed by atoms with van der Waals surface area (Å²) < 4.78 is 21.1. The van der Waals surface area contributed by atoms with Gasteiger partial charge in [0.15, 0.2) is 0 Å². The molecule has 174 valence electrons. The maximum absolute atomic E-state index is 13.4. The van der Waals surface area contributed by atoms with Crippen LogP contribution in [0.5, 0.6) is 0 Å². The van der Waals surface area contributed by atoms with Crippen LogP contribution in [-0.4, -0.2) is 52.2 Å². The highest BCUT2D eigenvalue weighted by atomic mass is 32.1. The minimum Gasteiger partial charge on any atom is -0.355 e. The second-order valence-electron chi connectivity index (χ2n) is 8.12. The zero-order valence-electron chi connectivity index (χ0n) is 18.7. The third-order valence-electron chi connectivity index (χ3n) is 5.87. The Kier molecular flexibility index (Phi) is 5.89. The number of nitrogens with zero attached hydrogens (tertiary/aromatic N) is 3. The van der Waals surface area contributed by atoms with Gasteiger partial charge in [-0.15, -0.1) is 11.3 Å². The Labute approximate surface area is 199 Å². The first kappa shape index (κ1) is 22.2. The highest BCUT2D eigenvalue weighted by Gasteiger charge is 2.33. The number of carbonyl (C=O) groups excluding carboxylic acids is 2. The molecule has 1 unspecified atom stereocenters. The Bertz CT molecular complexity index is 1380. The van der Waals surface area contributed by atoms with Crippen LogP contribution in [0.25, 0.3) is 21.3 Å². The Hall–Kier alpha value is -3.56. The molecule has 1 atom stereocenters. The van der Waals surface area contributed by atoms with E-state index in [-0.39, 0.29) is 24.2 Å². The number of ether oxygens (including phenoxy) is 1. The van der Waals surface area contributed by atoms with Gasteiger partial charge in [-0.05, 0) is 30.7 Å². The lowest BCUT2D eigenvalue weighted by molar-refractivity contribution is 0.0277.